The first-order chi connectivity index (χ1) is 9.10. The smallest absolute Gasteiger partial charge is 0.306 e. The number of amides is 1. The van der Waals surface area contributed by atoms with Gasteiger partial charge < -0.3 is 9.08 Å². The van der Waals surface area contributed by atoms with Crippen LogP contribution in [-0.4, -0.2) is 31.5 Å². The van der Waals surface area contributed by atoms with Crippen molar-refractivity contribution < 1.29 is 17.4 Å². The molecule has 20 heavy (non-hydrogen) atoms. The predicted octanol–water partition coefficient (Wildman–Crippen LogP) is 2.44. The van der Waals surface area contributed by atoms with Gasteiger partial charge in [0.2, 0.25) is 5.91 Å². The SMILES string of the molecule is CC(=O)N(Cc1cc(Cl)ccc1OS(C)(=O)=O)C(C)C. The minimum absolute atomic E-state index is 0.0161. The van der Waals surface area contributed by atoms with Crippen LogP contribution in [-0.2, 0) is 21.5 Å². The van der Waals surface area contributed by atoms with Gasteiger partial charge in [-0.05, 0) is 32.0 Å². The van der Waals surface area contributed by atoms with Crippen molar-refractivity contribution in [3.05, 3.63) is 28.8 Å². The van der Waals surface area contributed by atoms with E-state index in [9.17, 15) is 13.2 Å². The average molecular weight is 320 g/mol. The first-order valence-electron chi connectivity index (χ1n) is 6.05. The van der Waals surface area contributed by atoms with Crippen LogP contribution in [0, 0.1) is 0 Å². The molecule has 0 radical (unpaired) electrons. The van der Waals surface area contributed by atoms with Crippen LogP contribution in [0.3, 0.4) is 0 Å². The minimum Gasteiger partial charge on any atom is -0.382 e. The maximum atomic E-state index is 11.6. The van der Waals surface area contributed by atoms with Gasteiger partial charge in [0, 0.05) is 30.1 Å². The molecule has 1 aromatic rings. The molecule has 1 amide bonds. The van der Waals surface area contributed by atoms with Gasteiger partial charge in [0.1, 0.15) is 5.75 Å². The lowest BCUT2D eigenvalue weighted by atomic mass is 10.1. The third kappa shape index (κ3) is 5.02. The summed E-state index contributed by atoms with van der Waals surface area (Å²) in [4.78, 5) is 13.2. The highest BCUT2D eigenvalue weighted by molar-refractivity contribution is 7.86. The minimum atomic E-state index is -3.64. The zero-order chi connectivity index (χ0) is 15.5. The van der Waals surface area contributed by atoms with Crippen LogP contribution in [0.5, 0.6) is 5.75 Å². The standard InChI is InChI=1S/C13H18ClNO4S/c1-9(2)15(10(3)16)8-11-7-12(14)5-6-13(11)19-20(4,17)18/h5-7,9H,8H2,1-4H3. The van der Waals surface area contributed by atoms with Crippen molar-refractivity contribution in [2.24, 2.45) is 0 Å². The zero-order valence-electron chi connectivity index (χ0n) is 11.9. The van der Waals surface area contributed by atoms with Crippen LogP contribution in [0.25, 0.3) is 0 Å². The molecule has 1 rings (SSSR count). The molecule has 0 spiro atoms. The van der Waals surface area contributed by atoms with E-state index in [-0.39, 0.29) is 24.2 Å². The molecule has 0 aliphatic carbocycles. The van der Waals surface area contributed by atoms with E-state index < -0.39 is 10.1 Å². The molecule has 112 valence electrons. The van der Waals surface area contributed by atoms with Gasteiger partial charge in [-0.25, -0.2) is 0 Å². The second-order valence-corrected chi connectivity index (χ2v) is 6.79. The number of carbonyl (C=O) groups is 1. The van der Waals surface area contributed by atoms with Gasteiger partial charge in [-0.1, -0.05) is 11.6 Å². The van der Waals surface area contributed by atoms with E-state index in [2.05, 4.69) is 0 Å². The van der Waals surface area contributed by atoms with Crippen LogP contribution in [0.15, 0.2) is 18.2 Å². The van der Waals surface area contributed by atoms with Crippen LogP contribution >= 0.6 is 11.6 Å². The Labute approximate surface area is 124 Å². The lowest BCUT2D eigenvalue weighted by Crippen LogP contribution is -2.34. The highest BCUT2D eigenvalue weighted by Crippen LogP contribution is 2.26. The van der Waals surface area contributed by atoms with Crippen LogP contribution < -0.4 is 4.18 Å². The van der Waals surface area contributed by atoms with Crippen molar-refractivity contribution in [2.45, 2.75) is 33.4 Å². The van der Waals surface area contributed by atoms with Crippen molar-refractivity contribution >= 4 is 27.6 Å². The fourth-order valence-electron chi connectivity index (χ4n) is 1.76. The van der Waals surface area contributed by atoms with Crippen molar-refractivity contribution in [3.8, 4) is 5.75 Å². The van der Waals surface area contributed by atoms with Gasteiger partial charge in [-0.3, -0.25) is 4.79 Å². The molecular formula is C13H18ClNO4S. The Morgan fingerprint density at radius 2 is 2.00 bits per heavy atom. The molecule has 5 nitrogen and oxygen atoms in total. The molecule has 0 aliphatic heterocycles. The van der Waals surface area contributed by atoms with Crippen molar-refractivity contribution in [2.75, 3.05) is 6.26 Å². The summed E-state index contributed by atoms with van der Waals surface area (Å²) in [6.07, 6.45) is 0.969. The summed E-state index contributed by atoms with van der Waals surface area (Å²) in [5.74, 6) is 0.0779. The Morgan fingerprint density at radius 1 is 1.40 bits per heavy atom. The second kappa shape index (κ2) is 6.45. The lowest BCUT2D eigenvalue weighted by molar-refractivity contribution is -0.131. The molecule has 0 saturated heterocycles. The fraction of sp³-hybridized carbons (Fsp3) is 0.462. The third-order valence-corrected chi connectivity index (χ3v) is 3.35. The monoisotopic (exact) mass is 319 g/mol. The van der Waals surface area contributed by atoms with Crippen LogP contribution in [0.1, 0.15) is 26.3 Å². The summed E-state index contributed by atoms with van der Waals surface area (Å²) in [5, 5.41) is 0.452. The van der Waals surface area contributed by atoms with E-state index >= 15 is 0 Å². The van der Waals surface area contributed by atoms with E-state index in [1.54, 1.807) is 17.0 Å². The Kier molecular flexibility index (Phi) is 5.42. The van der Waals surface area contributed by atoms with E-state index in [1.165, 1.54) is 13.0 Å². The van der Waals surface area contributed by atoms with Crippen LogP contribution in [0.4, 0.5) is 0 Å². The zero-order valence-corrected chi connectivity index (χ0v) is 13.5. The van der Waals surface area contributed by atoms with Gasteiger partial charge in [-0.15, -0.1) is 0 Å². The molecule has 0 atom stereocenters. The maximum Gasteiger partial charge on any atom is 0.306 e. The molecule has 0 saturated carbocycles. The summed E-state index contributed by atoms with van der Waals surface area (Å²) < 4.78 is 27.4. The molecule has 0 aromatic heterocycles. The summed E-state index contributed by atoms with van der Waals surface area (Å²) in [6, 6.07) is 4.61. The largest absolute Gasteiger partial charge is 0.382 e. The number of hydrogen-bond acceptors (Lipinski definition) is 4. The first kappa shape index (κ1) is 16.8. The Balaban J connectivity index is 3.15. The molecule has 7 heteroatoms. The first-order valence-corrected chi connectivity index (χ1v) is 8.24. The van der Waals surface area contributed by atoms with E-state index in [0.717, 1.165) is 6.26 Å². The number of rotatable bonds is 5. The Hall–Kier alpha value is -1.27. The second-order valence-electron chi connectivity index (χ2n) is 4.78. The predicted molar refractivity (Wildman–Crippen MR) is 78.3 cm³/mol. The highest BCUT2D eigenvalue weighted by atomic mass is 35.5. The van der Waals surface area contributed by atoms with E-state index in [1.807, 2.05) is 13.8 Å². The number of carbonyl (C=O) groups excluding carboxylic acids is 1. The molecule has 0 fully saturated rings. The average Bonchev–Trinajstić information content (AvgIpc) is 2.26. The van der Waals surface area contributed by atoms with Crippen molar-refractivity contribution in [1.82, 2.24) is 4.90 Å². The third-order valence-electron chi connectivity index (χ3n) is 2.63. The molecule has 0 bridgehead atoms. The normalized spacial score (nSPS) is 11.5. The number of hydrogen-bond donors (Lipinski definition) is 0. The summed E-state index contributed by atoms with van der Waals surface area (Å²) >= 11 is 5.92. The van der Waals surface area contributed by atoms with Gasteiger partial charge in [0.25, 0.3) is 0 Å². The molecule has 0 unspecified atom stereocenters. The van der Waals surface area contributed by atoms with E-state index in [0.29, 0.717) is 10.6 Å². The van der Waals surface area contributed by atoms with Crippen molar-refractivity contribution in [1.29, 1.82) is 0 Å². The quantitative estimate of drug-likeness (QED) is 0.782. The van der Waals surface area contributed by atoms with Gasteiger partial charge in [-0.2, -0.15) is 8.42 Å². The number of nitrogens with zero attached hydrogens (tertiary/aromatic N) is 1. The Morgan fingerprint density at radius 3 is 2.45 bits per heavy atom. The molecule has 1 aromatic carbocycles. The summed E-state index contributed by atoms with van der Waals surface area (Å²) in [7, 11) is -3.64. The topological polar surface area (TPSA) is 63.7 Å². The molecule has 0 heterocycles. The van der Waals surface area contributed by atoms with E-state index in [4.69, 9.17) is 15.8 Å². The Bertz CT molecular complexity index is 598. The van der Waals surface area contributed by atoms with Gasteiger partial charge in [0.15, 0.2) is 0 Å². The summed E-state index contributed by atoms with van der Waals surface area (Å²) in [6.45, 7) is 5.45. The maximum absolute atomic E-state index is 11.6. The summed E-state index contributed by atoms with van der Waals surface area (Å²) in [5.41, 5.74) is 0.548. The number of halogens is 1. The van der Waals surface area contributed by atoms with Gasteiger partial charge >= 0.3 is 10.1 Å². The lowest BCUT2D eigenvalue weighted by Gasteiger charge is -2.26. The molecule has 0 aliphatic rings. The van der Waals surface area contributed by atoms with Crippen LogP contribution in [0.2, 0.25) is 5.02 Å². The highest BCUT2D eigenvalue weighted by Gasteiger charge is 2.17. The molecule has 0 N–H and O–H groups in total. The number of benzene rings is 1. The van der Waals surface area contributed by atoms with Gasteiger partial charge in [0.05, 0.1) is 6.26 Å². The fourth-order valence-corrected chi connectivity index (χ4v) is 2.44. The van der Waals surface area contributed by atoms with Crippen molar-refractivity contribution in [3.63, 3.8) is 0 Å². The molecular weight excluding hydrogens is 302 g/mol.